The van der Waals surface area contributed by atoms with Gasteiger partial charge < -0.3 is 5.32 Å². The number of nitrogens with one attached hydrogen (secondary N) is 1. The van der Waals surface area contributed by atoms with Crippen LogP contribution in [-0.4, -0.2) is 41.8 Å². The monoisotopic (exact) mass is 210 g/mol. The van der Waals surface area contributed by atoms with Crippen LogP contribution in [-0.2, 0) is 9.59 Å². The average molecular weight is 210 g/mol. The van der Waals surface area contributed by atoms with Crippen molar-refractivity contribution in [2.24, 2.45) is 0 Å². The molecule has 84 valence electrons. The Bertz CT molecular complexity index is 278. The highest BCUT2D eigenvalue weighted by Crippen LogP contribution is 2.22. The molecule has 2 aliphatic rings. The van der Waals surface area contributed by atoms with Gasteiger partial charge in [-0.15, -0.1) is 0 Å². The van der Waals surface area contributed by atoms with E-state index < -0.39 is 0 Å². The van der Waals surface area contributed by atoms with Gasteiger partial charge >= 0.3 is 0 Å². The number of Topliss-reactive ketones (excluding diaryl/α,β-unsaturated/α-hetero) is 1. The summed E-state index contributed by atoms with van der Waals surface area (Å²) >= 11 is 0. The Morgan fingerprint density at radius 1 is 1.40 bits per heavy atom. The molecule has 2 rings (SSSR count). The first-order valence-electron chi connectivity index (χ1n) is 5.73. The molecule has 1 saturated heterocycles. The summed E-state index contributed by atoms with van der Waals surface area (Å²) in [7, 11) is 0. The molecule has 0 aromatic rings. The second-order valence-electron chi connectivity index (χ2n) is 4.49. The van der Waals surface area contributed by atoms with E-state index in [2.05, 4.69) is 10.2 Å². The highest BCUT2D eigenvalue weighted by Gasteiger charge is 2.33. The van der Waals surface area contributed by atoms with Crippen LogP contribution in [0.15, 0.2) is 0 Å². The molecule has 0 aromatic carbocycles. The summed E-state index contributed by atoms with van der Waals surface area (Å²) in [6.07, 6.45) is 3.40. The Balaban J connectivity index is 2.01. The maximum absolute atomic E-state index is 11.5. The van der Waals surface area contributed by atoms with Crippen LogP contribution < -0.4 is 5.32 Å². The zero-order valence-corrected chi connectivity index (χ0v) is 9.16. The normalized spacial score (nSPS) is 33.9. The topological polar surface area (TPSA) is 49.4 Å². The van der Waals surface area contributed by atoms with Gasteiger partial charge in [-0.25, -0.2) is 0 Å². The number of hydrogen-bond acceptors (Lipinski definition) is 3. The van der Waals surface area contributed by atoms with Gasteiger partial charge in [0.2, 0.25) is 5.91 Å². The van der Waals surface area contributed by atoms with Crippen molar-refractivity contribution in [3.63, 3.8) is 0 Å². The summed E-state index contributed by atoms with van der Waals surface area (Å²) in [5.74, 6) is 0.448. The molecule has 15 heavy (non-hydrogen) atoms. The Labute approximate surface area is 90.0 Å². The maximum Gasteiger partial charge on any atom is 0.237 e. The average Bonchev–Trinajstić information content (AvgIpc) is 2.22. The van der Waals surface area contributed by atoms with E-state index in [4.69, 9.17) is 0 Å². The molecular weight excluding hydrogens is 192 g/mol. The first kappa shape index (κ1) is 10.6. The van der Waals surface area contributed by atoms with Crippen molar-refractivity contribution in [3.8, 4) is 0 Å². The van der Waals surface area contributed by atoms with Crippen LogP contribution in [0.5, 0.6) is 0 Å². The largest absolute Gasteiger partial charge is 0.353 e. The summed E-state index contributed by atoms with van der Waals surface area (Å²) in [5.41, 5.74) is 0. The van der Waals surface area contributed by atoms with Crippen LogP contribution in [0.2, 0.25) is 0 Å². The zero-order chi connectivity index (χ0) is 10.8. The first-order valence-corrected chi connectivity index (χ1v) is 5.73. The Hall–Kier alpha value is -0.900. The van der Waals surface area contributed by atoms with E-state index in [1.807, 2.05) is 6.92 Å². The van der Waals surface area contributed by atoms with Crippen LogP contribution >= 0.6 is 0 Å². The smallest absolute Gasteiger partial charge is 0.237 e. The van der Waals surface area contributed by atoms with Crippen molar-refractivity contribution in [1.29, 1.82) is 0 Å². The molecule has 1 N–H and O–H groups in total. The molecule has 0 bridgehead atoms. The van der Waals surface area contributed by atoms with E-state index in [9.17, 15) is 9.59 Å². The molecule has 4 heteroatoms. The Kier molecular flexibility index (Phi) is 3.05. The highest BCUT2D eigenvalue weighted by atomic mass is 16.2. The van der Waals surface area contributed by atoms with E-state index in [1.165, 1.54) is 0 Å². The Morgan fingerprint density at radius 3 is 2.93 bits per heavy atom. The highest BCUT2D eigenvalue weighted by molar-refractivity contribution is 5.83. The van der Waals surface area contributed by atoms with Crippen molar-refractivity contribution in [1.82, 2.24) is 10.2 Å². The van der Waals surface area contributed by atoms with Gasteiger partial charge in [0, 0.05) is 32.0 Å². The van der Waals surface area contributed by atoms with Crippen molar-refractivity contribution in [2.45, 2.75) is 44.7 Å². The summed E-state index contributed by atoms with van der Waals surface area (Å²) in [6, 6.07) is 0.224. The molecule has 0 radical (unpaired) electrons. The number of amides is 1. The van der Waals surface area contributed by atoms with E-state index in [0.29, 0.717) is 24.8 Å². The molecule has 2 fully saturated rings. The first-order chi connectivity index (χ1) is 7.18. The molecular formula is C11H18N2O2. The van der Waals surface area contributed by atoms with Crippen molar-refractivity contribution < 1.29 is 9.59 Å². The van der Waals surface area contributed by atoms with Gasteiger partial charge in [0.1, 0.15) is 5.78 Å². The predicted molar refractivity (Wildman–Crippen MR) is 56.4 cm³/mol. The van der Waals surface area contributed by atoms with E-state index in [1.54, 1.807) is 0 Å². The van der Waals surface area contributed by atoms with Crippen molar-refractivity contribution in [2.75, 3.05) is 13.1 Å². The lowest BCUT2D eigenvalue weighted by atomic mass is 9.91. The lowest BCUT2D eigenvalue weighted by Gasteiger charge is -2.40. The molecule has 0 aromatic heterocycles. The minimum atomic E-state index is -0.0744. The molecule has 2 atom stereocenters. The lowest BCUT2D eigenvalue weighted by molar-refractivity contribution is -0.132. The number of nitrogens with zero attached hydrogens (tertiary/aromatic N) is 1. The summed E-state index contributed by atoms with van der Waals surface area (Å²) in [6.45, 7) is 3.52. The van der Waals surface area contributed by atoms with Crippen LogP contribution in [0.25, 0.3) is 0 Å². The fourth-order valence-electron chi connectivity index (χ4n) is 2.58. The minimum absolute atomic E-state index is 0.0744. The molecule has 0 spiro atoms. The number of piperazine rings is 1. The minimum Gasteiger partial charge on any atom is -0.353 e. The fourth-order valence-corrected chi connectivity index (χ4v) is 2.58. The summed E-state index contributed by atoms with van der Waals surface area (Å²) in [5, 5.41) is 2.85. The maximum atomic E-state index is 11.5. The standard InChI is InChI=1S/C11H18N2O2/c1-8-11(15)12-5-6-13(8)9-3-2-4-10(14)7-9/h8-9H,2-7H2,1H3,(H,12,15). The molecule has 4 nitrogen and oxygen atoms in total. The third-order valence-electron chi connectivity index (χ3n) is 3.47. The van der Waals surface area contributed by atoms with Gasteiger partial charge in [-0.3, -0.25) is 14.5 Å². The number of carbonyl (C=O) groups is 2. The summed E-state index contributed by atoms with van der Waals surface area (Å²) < 4.78 is 0. The third kappa shape index (κ3) is 2.20. The Morgan fingerprint density at radius 2 is 2.20 bits per heavy atom. The van der Waals surface area contributed by atoms with Gasteiger partial charge in [0.25, 0.3) is 0 Å². The van der Waals surface area contributed by atoms with Crippen molar-refractivity contribution in [3.05, 3.63) is 0 Å². The molecule has 1 amide bonds. The molecule has 1 aliphatic heterocycles. The second-order valence-corrected chi connectivity index (χ2v) is 4.49. The van der Waals surface area contributed by atoms with E-state index in [-0.39, 0.29) is 11.9 Å². The number of hydrogen-bond donors (Lipinski definition) is 1. The van der Waals surface area contributed by atoms with Crippen LogP contribution in [0.1, 0.15) is 32.6 Å². The van der Waals surface area contributed by atoms with Crippen LogP contribution in [0.4, 0.5) is 0 Å². The van der Waals surface area contributed by atoms with Gasteiger partial charge in [-0.1, -0.05) is 0 Å². The van der Waals surface area contributed by atoms with E-state index >= 15 is 0 Å². The van der Waals surface area contributed by atoms with Gasteiger partial charge in [-0.2, -0.15) is 0 Å². The lowest BCUT2D eigenvalue weighted by Crippen LogP contribution is -2.57. The number of carbonyl (C=O) groups excluding carboxylic acids is 2. The fraction of sp³-hybridized carbons (Fsp3) is 0.818. The van der Waals surface area contributed by atoms with Gasteiger partial charge in [-0.05, 0) is 19.8 Å². The van der Waals surface area contributed by atoms with Gasteiger partial charge in [0.05, 0.1) is 6.04 Å². The number of ketones is 1. The van der Waals surface area contributed by atoms with Crippen LogP contribution in [0, 0.1) is 0 Å². The molecule has 1 saturated carbocycles. The third-order valence-corrected chi connectivity index (χ3v) is 3.47. The van der Waals surface area contributed by atoms with Crippen molar-refractivity contribution >= 4 is 11.7 Å². The molecule has 1 aliphatic carbocycles. The van der Waals surface area contributed by atoms with Crippen LogP contribution in [0.3, 0.4) is 0 Å². The SMILES string of the molecule is CC1C(=O)NCCN1C1CCCC(=O)C1. The quantitative estimate of drug-likeness (QED) is 0.678. The molecule has 1 heterocycles. The van der Waals surface area contributed by atoms with Gasteiger partial charge in [0.15, 0.2) is 0 Å². The van der Waals surface area contributed by atoms with E-state index in [0.717, 1.165) is 25.8 Å². The zero-order valence-electron chi connectivity index (χ0n) is 9.16. The predicted octanol–water partition coefficient (Wildman–Crippen LogP) is 0.318. The summed E-state index contributed by atoms with van der Waals surface area (Å²) in [4.78, 5) is 25.1. The second kappa shape index (κ2) is 4.31. The molecule has 2 unspecified atom stereocenters. The number of rotatable bonds is 1.